The largest absolute Gasteiger partial charge is 0.396 e. The highest BCUT2D eigenvalue weighted by molar-refractivity contribution is 7.59. The zero-order valence-electron chi connectivity index (χ0n) is 12.6. The Hall–Kier alpha value is 0.310. The van der Waals surface area contributed by atoms with E-state index >= 15 is 0 Å². The molecule has 0 aromatic carbocycles. The third-order valence-corrected chi connectivity index (χ3v) is 3.51. The van der Waals surface area contributed by atoms with Crippen LogP contribution < -0.4 is 0 Å². The highest BCUT2D eigenvalue weighted by Gasteiger charge is 1.93. The SMILES string of the molecule is CCCCCCCCCCCCCCCCO.S. The monoisotopic (exact) mass is 276 g/mol. The molecule has 0 aromatic heterocycles. The summed E-state index contributed by atoms with van der Waals surface area (Å²) in [6.45, 7) is 2.65. The van der Waals surface area contributed by atoms with Crippen LogP contribution >= 0.6 is 13.5 Å². The zero-order chi connectivity index (χ0) is 12.6. The first kappa shape index (κ1) is 20.6. The molecular formula is C16H36OS. The second-order valence-electron chi connectivity index (χ2n) is 5.32. The van der Waals surface area contributed by atoms with E-state index in [0.29, 0.717) is 6.61 Å². The Morgan fingerprint density at radius 2 is 0.778 bits per heavy atom. The van der Waals surface area contributed by atoms with Gasteiger partial charge in [0.15, 0.2) is 0 Å². The third kappa shape index (κ3) is 18.7. The smallest absolute Gasteiger partial charge is 0.0431 e. The van der Waals surface area contributed by atoms with Gasteiger partial charge in [-0.3, -0.25) is 0 Å². The van der Waals surface area contributed by atoms with Crippen molar-refractivity contribution in [3.05, 3.63) is 0 Å². The van der Waals surface area contributed by atoms with Crippen LogP contribution in [0.25, 0.3) is 0 Å². The minimum Gasteiger partial charge on any atom is -0.396 e. The summed E-state index contributed by atoms with van der Waals surface area (Å²) >= 11 is 0. The van der Waals surface area contributed by atoms with E-state index in [4.69, 9.17) is 5.11 Å². The number of aliphatic hydroxyl groups is 1. The van der Waals surface area contributed by atoms with Crippen molar-refractivity contribution >= 4 is 13.5 Å². The standard InChI is InChI=1S/C16H34O.H2S/c1-2-3-4-5-6-7-8-9-10-11-12-13-14-15-16-17;/h17H,2-16H2,1H3;1H2. The molecule has 0 unspecified atom stereocenters. The first-order valence-corrected chi connectivity index (χ1v) is 8.02. The summed E-state index contributed by atoms with van der Waals surface area (Å²) in [5.41, 5.74) is 0. The van der Waals surface area contributed by atoms with Crippen molar-refractivity contribution in [3.8, 4) is 0 Å². The molecule has 112 valence electrons. The highest BCUT2D eigenvalue weighted by atomic mass is 32.1. The molecule has 0 spiro atoms. The lowest BCUT2D eigenvalue weighted by Gasteiger charge is -2.02. The maximum Gasteiger partial charge on any atom is 0.0431 e. The summed E-state index contributed by atoms with van der Waals surface area (Å²) in [6.07, 6.45) is 19.2. The molecule has 0 aromatic rings. The summed E-state index contributed by atoms with van der Waals surface area (Å²) in [7, 11) is 0. The predicted octanol–water partition coefficient (Wildman–Crippen LogP) is 5.57. The number of unbranched alkanes of at least 4 members (excludes halogenated alkanes) is 13. The Kier molecular flexibility index (Phi) is 22.5. The van der Waals surface area contributed by atoms with Crippen LogP contribution in [0.3, 0.4) is 0 Å². The molecule has 1 nitrogen and oxygen atoms in total. The average molecular weight is 277 g/mol. The summed E-state index contributed by atoms with van der Waals surface area (Å²) < 4.78 is 0. The van der Waals surface area contributed by atoms with Crippen LogP contribution in [0.4, 0.5) is 0 Å². The maximum atomic E-state index is 8.64. The van der Waals surface area contributed by atoms with Gasteiger partial charge in [-0.15, -0.1) is 0 Å². The van der Waals surface area contributed by atoms with Gasteiger partial charge in [-0.25, -0.2) is 0 Å². The molecule has 0 rings (SSSR count). The minimum absolute atomic E-state index is 0. The molecule has 2 heteroatoms. The molecule has 18 heavy (non-hydrogen) atoms. The Morgan fingerprint density at radius 3 is 1.06 bits per heavy atom. The van der Waals surface area contributed by atoms with Gasteiger partial charge in [0, 0.05) is 6.61 Å². The van der Waals surface area contributed by atoms with Gasteiger partial charge in [0.25, 0.3) is 0 Å². The summed E-state index contributed by atoms with van der Waals surface area (Å²) in [5.74, 6) is 0. The maximum absolute atomic E-state index is 8.64. The molecule has 0 aliphatic heterocycles. The van der Waals surface area contributed by atoms with E-state index in [1.165, 1.54) is 83.5 Å². The molecule has 0 atom stereocenters. The van der Waals surface area contributed by atoms with Crippen LogP contribution in [-0.2, 0) is 0 Å². The normalized spacial score (nSPS) is 10.3. The molecule has 0 fully saturated rings. The van der Waals surface area contributed by atoms with Gasteiger partial charge in [0.1, 0.15) is 0 Å². The lowest BCUT2D eigenvalue weighted by atomic mass is 10.0. The van der Waals surface area contributed by atoms with Crippen LogP contribution in [0.5, 0.6) is 0 Å². The van der Waals surface area contributed by atoms with Gasteiger partial charge in [0.05, 0.1) is 0 Å². The predicted molar refractivity (Wildman–Crippen MR) is 87.8 cm³/mol. The Morgan fingerprint density at radius 1 is 0.500 bits per heavy atom. The van der Waals surface area contributed by atoms with Crippen LogP contribution in [0.2, 0.25) is 0 Å². The third-order valence-electron chi connectivity index (χ3n) is 3.51. The van der Waals surface area contributed by atoms with E-state index in [1.54, 1.807) is 0 Å². The van der Waals surface area contributed by atoms with E-state index < -0.39 is 0 Å². The molecule has 0 radical (unpaired) electrons. The van der Waals surface area contributed by atoms with Gasteiger partial charge in [-0.1, -0.05) is 90.4 Å². The molecule has 0 heterocycles. The van der Waals surface area contributed by atoms with E-state index in [-0.39, 0.29) is 13.5 Å². The molecule has 0 bridgehead atoms. The van der Waals surface area contributed by atoms with Gasteiger partial charge in [-0.2, -0.15) is 13.5 Å². The number of aliphatic hydroxyl groups excluding tert-OH is 1. The van der Waals surface area contributed by atoms with Crippen molar-refractivity contribution in [2.45, 2.75) is 96.8 Å². The molecule has 0 saturated heterocycles. The molecule has 0 amide bonds. The van der Waals surface area contributed by atoms with Crippen molar-refractivity contribution in [1.82, 2.24) is 0 Å². The zero-order valence-corrected chi connectivity index (χ0v) is 13.6. The van der Waals surface area contributed by atoms with Gasteiger partial charge in [0.2, 0.25) is 0 Å². The first-order chi connectivity index (χ1) is 8.41. The molecular weight excluding hydrogens is 240 g/mol. The Bertz CT molecular complexity index is 114. The van der Waals surface area contributed by atoms with Crippen LogP contribution in [-0.4, -0.2) is 11.7 Å². The van der Waals surface area contributed by atoms with Gasteiger partial charge < -0.3 is 5.11 Å². The van der Waals surface area contributed by atoms with E-state index in [2.05, 4.69) is 6.92 Å². The summed E-state index contributed by atoms with van der Waals surface area (Å²) in [5, 5.41) is 8.64. The van der Waals surface area contributed by atoms with Crippen molar-refractivity contribution in [2.24, 2.45) is 0 Å². The van der Waals surface area contributed by atoms with Crippen molar-refractivity contribution in [2.75, 3.05) is 6.61 Å². The Labute approximate surface area is 122 Å². The number of hydrogen-bond donors (Lipinski definition) is 1. The second-order valence-corrected chi connectivity index (χ2v) is 5.32. The lowest BCUT2D eigenvalue weighted by molar-refractivity contribution is 0.282. The number of rotatable bonds is 14. The average Bonchev–Trinajstić information content (AvgIpc) is 2.35. The topological polar surface area (TPSA) is 20.2 Å². The fourth-order valence-electron chi connectivity index (χ4n) is 2.31. The van der Waals surface area contributed by atoms with Gasteiger partial charge >= 0.3 is 0 Å². The quantitative estimate of drug-likeness (QED) is 0.411. The van der Waals surface area contributed by atoms with Crippen LogP contribution in [0.15, 0.2) is 0 Å². The van der Waals surface area contributed by atoms with Crippen molar-refractivity contribution in [1.29, 1.82) is 0 Å². The van der Waals surface area contributed by atoms with Gasteiger partial charge in [-0.05, 0) is 6.42 Å². The molecule has 0 aliphatic rings. The molecule has 0 aliphatic carbocycles. The number of hydrogen-bond acceptors (Lipinski definition) is 1. The first-order valence-electron chi connectivity index (χ1n) is 8.02. The van der Waals surface area contributed by atoms with E-state index in [9.17, 15) is 0 Å². The van der Waals surface area contributed by atoms with Crippen molar-refractivity contribution in [3.63, 3.8) is 0 Å². The highest BCUT2D eigenvalue weighted by Crippen LogP contribution is 2.12. The van der Waals surface area contributed by atoms with E-state index in [1.807, 2.05) is 0 Å². The lowest BCUT2D eigenvalue weighted by Crippen LogP contribution is -1.84. The molecule has 1 N–H and O–H groups in total. The van der Waals surface area contributed by atoms with Crippen molar-refractivity contribution < 1.29 is 5.11 Å². The summed E-state index contributed by atoms with van der Waals surface area (Å²) in [4.78, 5) is 0. The fourth-order valence-corrected chi connectivity index (χ4v) is 2.31. The van der Waals surface area contributed by atoms with E-state index in [0.717, 1.165) is 6.42 Å². The second kappa shape index (κ2) is 19.6. The van der Waals surface area contributed by atoms with Crippen LogP contribution in [0.1, 0.15) is 96.8 Å². The summed E-state index contributed by atoms with van der Waals surface area (Å²) in [6, 6.07) is 0. The Balaban J connectivity index is 0. The fraction of sp³-hybridized carbons (Fsp3) is 1.00. The minimum atomic E-state index is 0. The van der Waals surface area contributed by atoms with Crippen LogP contribution in [0, 0.1) is 0 Å². The molecule has 0 saturated carbocycles.